The Morgan fingerprint density at radius 1 is 1.45 bits per heavy atom. The van der Waals surface area contributed by atoms with Crippen molar-refractivity contribution in [2.24, 2.45) is 0 Å². The molecule has 8 heteroatoms. The summed E-state index contributed by atoms with van der Waals surface area (Å²) >= 11 is 1.12. The van der Waals surface area contributed by atoms with Gasteiger partial charge in [0.2, 0.25) is 5.56 Å². The number of pyridine rings is 1. The maximum absolute atomic E-state index is 11.1. The minimum Gasteiger partial charge on any atom is -0.481 e. The van der Waals surface area contributed by atoms with Gasteiger partial charge in [0.05, 0.1) is 5.75 Å². The zero-order chi connectivity index (χ0) is 14.7. The Balaban J connectivity index is 2.41. The summed E-state index contributed by atoms with van der Waals surface area (Å²) < 4.78 is 1.85. The first-order chi connectivity index (χ1) is 9.49. The summed E-state index contributed by atoms with van der Waals surface area (Å²) in [5, 5.41) is 17.4. The van der Waals surface area contributed by atoms with Crippen LogP contribution in [0.25, 0.3) is 11.4 Å². The van der Waals surface area contributed by atoms with E-state index in [4.69, 9.17) is 5.11 Å². The van der Waals surface area contributed by atoms with Gasteiger partial charge in [0.1, 0.15) is 0 Å². The van der Waals surface area contributed by atoms with Crippen LogP contribution in [-0.2, 0) is 4.79 Å². The molecule has 0 aromatic carbocycles. The zero-order valence-electron chi connectivity index (χ0n) is 11.0. The van der Waals surface area contributed by atoms with Gasteiger partial charge in [-0.05, 0) is 19.9 Å². The van der Waals surface area contributed by atoms with Crippen molar-refractivity contribution in [2.75, 3.05) is 5.75 Å². The molecule has 2 rings (SSSR count). The van der Waals surface area contributed by atoms with Gasteiger partial charge in [0.25, 0.3) is 0 Å². The first-order valence-corrected chi connectivity index (χ1v) is 6.96. The fourth-order valence-corrected chi connectivity index (χ4v) is 2.50. The van der Waals surface area contributed by atoms with E-state index in [1.807, 2.05) is 18.4 Å². The van der Waals surface area contributed by atoms with E-state index in [0.717, 1.165) is 17.3 Å². The molecule has 0 fully saturated rings. The number of nitrogens with one attached hydrogen (secondary N) is 1. The highest BCUT2D eigenvalue weighted by Gasteiger charge is 2.17. The van der Waals surface area contributed by atoms with Gasteiger partial charge < -0.3 is 10.1 Å². The zero-order valence-corrected chi connectivity index (χ0v) is 11.8. The second-order valence-electron chi connectivity index (χ2n) is 4.39. The van der Waals surface area contributed by atoms with Crippen molar-refractivity contribution in [3.05, 3.63) is 28.7 Å². The highest BCUT2D eigenvalue weighted by Crippen LogP contribution is 2.26. The number of rotatable bonds is 5. The maximum Gasteiger partial charge on any atom is 0.313 e. The Labute approximate surface area is 119 Å². The molecule has 0 unspecified atom stereocenters. The molecule has 106 valence electrons. The third-order valence-electron chi connectivity index (χ3n) is 2.55. The van der Waals surface area contributed by atoms with Crippen molar-refractivity contribution in [1.29, 1.82) is 0 Å². The number of H-pyrrole nitrogens is 1. The molecule has 0 aliphatic carbocycles. The summed E-state index contributed by atoms with van der Waals surface area (Å²) in [6.45, 7) is 3.92. The first kappa shape index (κ1) is 14.3. The number of nitrogens with zero attached hydrogens (tertiary/aromatic N) is 3. The molecule has 0 saturated carbocycles. The largest absolute Gasteiger partial charge is 0.481 e. The van der Waals surface area contributed by atoms with Crippen LogP contribution in [0.4, 0.5) is 0 Å². The van der Waals surface area contributed by atoms with Crippen LogP contribution in [0.2, 0.25) is 0 Å². The lowest BCUT2D eigenvalue weighted by Crippen LogP contribution is -2.08. The lowest BCUT2D eigenvalue weighted by atomic mass is 10.2. The molecular weight excluding hydrogens is 280 g/mol. The van der Waals surface area contributed by atoms with E-state index in [0.29, 0.717) is 11.0 Å². The topological polar surface area (TPSA) is 101 Å². The van der Waals surface area contributed by atoms with Gasteiger partial charge in [0.15, 0.2) is 11.0 Å². The van der Waals surface area contributed by atoms with Gasteiger partial charge in [-0.2, -0.15) is 0 Å². The van der Waals surface area contributed by atoms with Crippen LogP contribution in [0.3, 0.4) is 0 Å². The van der Waals surface area contributed by atoms with Gasteiger partial charge in [-0.15, -0.1) is 10.2 Å². The van der Waals surface area contributed by atoms with E-state index in [1.54, 1.807) is 12.3 Å². The summed E-state index contributed by atoms with van der Waals surface area (Å²) in [5.74, 6) is -0.376. The lowest BCUT2D eigenvalue weighted by Gasteiger charge is -2.13. The van der Waals surface area contributed by atoms with E-state index in [2.05, 4.69) is 15.2 Å². The Bertz CT molecular complexity index is 657. The number of hydrogen-bond donors (Lipinski definition) is 2. The van der Waals surface area contributed by atoms with Gasteiger partial charge in [0, 0.05) is 23.9 Å². The maximum atomic E-state index is 11.1. The van der Waals surface area contributed by atoms with Crippen LogP contribution in [0, 0.1) is 0 Å². The van der Waals surface area contributed by atoms with Gasteiger partial charge in [-0.25, -0.2) is 0 Å². The molecule has 20 heavy (non-hydrogen) atoms. The van der Waals surface area contributed by atoms with Gasteiger partial charge in [-0.3, -0.25) is 14.2 Å². The number of carboxylic acids is 1. The number of thioether (sulfide) groups is 1. The summed E-state index contributed by atoms with van der Waals surface area (Å²) in [6.07, 6.45) is 1.57. The van der Waals surface area contributed by atoms with E-state index in [-0.39, 0.29) is 17.4 Å². The molecule has 0 atom stereocenters. The molecule has 0 bridgehead atoms. The van der Waals surface area contributed by atoms with Crippen molar-refractivity contribution >= 4 is 17.7 Å². The molecule has 2 aromatic rings. The molecular formula is C12H14N4O3S. The lowest BCUT2D eigenvalue weighted by molar-refractivity contribution is -0.133. The number of aliphatic carboxylic acids is 1. The van der Waals surface area contributed by atoms with Gasteiger partial charge >= 0.3 is 5.97 Å². The third kappa shape index (κ3) is 3.08. The van der Waals surface area contributed by atoms with E-state index < -0.39 is 5.97 Å². The first-order valence-electron chi connectivity index (χ1n) is 5.97. The SMILES string of the molecule is CC(C)n1c(SCC(=O)O)nnc1-c1ccc(=O)[nH]c1. The molecule has 7 nitrogen and oxygen atoms in total. The monoisotopic (exact) mass is 294 g/mol. The third-order valence-corrected chi connectivity index (χ3v) is 3.48. The Kier molecular flexibility index (Phi) is 4.23. The summed E-state index contributed by atoms with van der Waals surface area (Å²) in [5.41, 5.74) is 0.540. The van der Waals surface area contributed by atoms with Crippen molar-refractivity contribution in [2.45, 2.75) is 25.0 Å². The average Bonchev–Trinajstić information content (AvgIpc) is 2.81. The number of carbonyl (C=O) groups is 1. The van der Waals surface area contributed by atoms with Crippen molar-refractivity contribution in [3.8, 4) is 11.4 Å². The van der Waals surface area contributed by atoms with Crippen LogP contribution in [0.15, 0.2) is 28.3 Å². The molecule has 2 heterocycles. The van der Waals surface area contributed by atoms with Crippen molar-refractivity contribution in [1.82, 2.24) is 19.7 Å². The van der Waals surface area contributed by atoms with Crippen molar-refractivity contribution in [3.63, 3.8) is 0 Å². The number of hydrogen-bond acceptors (Lipinski definition) is 5. The second kappa shape index (κ2) is 5.91. The van der Waals surface area contributed by atoms with E-state index in [9.17, 15) is 9.59 Å². The van der Waals surface area contributed by atoms with E-state index in [1.165, 1.54) is 6.07 Å². The molecule has 0 radical (unpaired) electrons. The average molecular weight is 294 g/mol. The van der Waals surface area contributed by atoms with E-state index >= 15 is 0 Å². The molecule has 2 aromatic heterocycles. The minimum atomic E-state index is -0.904. The van der Waals surface area contributed by atoms with Crippen LogP contribution in [-0.4, -0.2) is 36.6 Å². The minimum absolute atomic E-state index is 0.0724. The number of aromatic nitrogens is 4. The molecule has 2 N–H and O–H groups in total. The van der Waals surface area contributed by atoms with Gasteiger partial charge in [-0.1, -0.05) is 11.8 Å². The Morgan fingerprint density at radius 2 is 2.20 bits per heavy atom. The standard InChI is InChI=1S/C12H14N4O3S/c1-7(2)16-11(8-3-4-9(17)13-5-8)14-15-12(16)20-6-10(18)19/h3-5,7H,6H2,1-2H3,(H,13,17)(H,18,19). The molecule has 0 aliphatic heterocycles. The fraction of sp³-hybridized carbons (Fsp3) is 0.333. The van der Waals surface area contributed by atoms with Crippen LogP contribution in [0.5, 0.6) is 0 Å². The predicted molar refractivity (Wildman–Crippen MR) is 74.8 cm³/mol. The molecule has 0 aliphatic rings. The van der Waals surface area contributed by atoms with Crippen LogP contribution in [0.1, 0.15) is 19.9 Å². The van der Waals surface area contributed by atoms with Crippen LogP contribution < -0.4 is 5.56 Å². The fourth-order valence-electron chi connectivity index (χ4n) is 1.71. The molecule has 0 amide bonds. The number of aromatic amines is 1. The smallest absolute Gasteiger partial charge is 0.313 e. The van der Waals surface area contributed by atoms with Crippen molar-refractivity contribution < 1.29 is 9.90 Å². The molecule has 0 spiro atoms. The summed E-state index contributed by atoms with van der Waals surface area (Å²) in [6, 6.07) is 3.15. The summed E-state index contributed by atoms with van der Waals surface area (Å²) in [4.78, 5) is 24.3. The number of carboxylic acid groups (broad SMARTS) is 1. The Morgan fingerprint density at radius 3 is 2.75 bits per heavy atom. The molecule has 0 saturated heterocycles. The Hall–Kier alpha value is -2.09. The summed E-state index contributed by atoms with van der Waals surface area (Å²) in [7, 11) is 0. The normalized spacial score (nSPS) is 10.9. The second-order valence-corrected chi connectivity index (χ2v) is 5.34. The predicted octanol–water partition coefficient (Wildman–Crippen LogP) is 1.39. The quantitative estimate of drug-likeness (QED) is 0.808. The highest BCUT2D eigenvalue weighted by atomic mass is 32.2. The highest BCUT2D eigenvalue weighted by molar-refractivity contribution is 7.99. The van der Waals surface area contributed by atoms with Crippen LogP contribution >= 0.6 is 11.8 Å².